The number of fused-ring (bicyclic) bond motifs is 1. The van der Waals surface area contributed by atoms with Crippen molar-refractivity contribution in [2.24, 2.45) is 5.10 Å². The van der Waals surface area contributed by atoms with E-state index in [1.165, 1.54) is 6.21 Å². The molecular weight excluding hydrogens is 430 g/mol. The number of aromatic hydroxyl groups is 1. The van der Waals surface area contributed by atoms with Crippen LogP contribution in [0.4, 0.5) is 0 Å². The van der Waals surface area contributed by atoms with E-state index in [2.05, 4.69) is 15.5 Å². The number of amides is 1. The van der Waals surface area contributed by atoms with Gasteiger partial charge in [-0.15, -0.1) is 0 Å². The monoisotopic (exact) mass is 455 g/mol. The van der Waals surface area contributed by atoms with Crippen LogP contribution < -0.4 is 14.9 Å². The summed E-state index contributed by atoms with van der Waals surface area (Å²) in [6.07, 6.45) is 1.55. The minimum Gasteiger partial charge on any atom is -0.507 e. The van der Waals surface area contributed by atoms with Gasteiger partial charge in [-0.3, -0.25) is 4.79 Å². The summed E-state index contributed by atoms with van der Waals surface area (Å²) in [5, 5.41) is 15.1. The van der Waals surface area contributed by atoms with Crippen LogP contribution in [0.5, 0.6) is 17.2 Å². The zero-order valence-electron chi connectivity index (χ0n) is 19.1. The number of nitrogens with one attached hydrogen (secondary N) is 1. The third-order valence-corrected chi connectivity index (χ3v) is 5.07. The number of pyridine rings is 1. The fourth-order valence-corrected chi connectivity index (χ4v) is 3.53. The number of aromatic nitrogens is 1. The number of hydrogen-bond donors (Lipinski definition) is 2. The molecule has 0 saturated heterocycles. The normalized spacial score (nSPS) is 11.2. The molecule has 4 aromatic rings. The molecule has 0 unspecified atom stereocenters. The van der Waals surface area contributed by atoms with Crippen molar-refractivity contribution in [2.45, 2.75) is 20.0 Å². The average molecular weight is 456 g/mol. The molecule has 7 heteroatoms. The topological polar surface area (TPSA) is 93.0 Å². The van der Waals surface area contributed by atoms with Crippen molar-refractivity contribution in [3.8, 4) is 28.5 Å². The lowest BCUT2D eigenvalue weighted by Gasteiger charge is -2.13. The highest BCUT2D eigenvalue weighted by Crippen LogP contribution is 2.31. The predicted octanol–water partition coefficient (Wildman–Crippen LogP) is 5.17. The molecule has 34 heavy (non-hydrogen) atoms. The van der Waals surface area contributed by atoms with Gasteiger partial charge in [-0.05, 0) is 61.9 Å². The zero-order valence-corrected chi connectivity index (χ0v) is 19.1. The van der Waals surface area contributed by atoms with Gasteiger partial charge < -0.3 is 14.6 Å². The number of carbonyl (C=O) groups is 1. The second kappa shape index (κ2) is 10.0. The van der Waals surface area contributed by atoms with E-state index in [1.54, 1.807) is 43.5 Å². The number of nitrogens with zero attached hydrogens (tertiary/aromatic N) is 2. The first kappa shape index (κ1) is 22.8. The number of benzene rings is 3. The maximum Gasteiger partial charge on any atom is 0.272 e. The van der Waals surface area contributed by atoms with E-state index in [4.69, 9.17) is 9.47 Å². The van der Waals surface area contributed by atoms with Crippen molar-refractivity contribution >= 4 is 23.0 Å². The number of para-hydroxylation sites is 2. The minimum atomic E-state index is -0.391. The average Bonchev–Trinajstić information content (AvgIpc) is 2.84. The molecule has 1 amide bonds. The van der Waals surface area contributed by atoms with Crippen LogP contribution in [0.3, 0.4) is 0 Å². The molecule has 0 spiro atoms. The fourth-order valence-electron chi connectivity index (χ4n) is 3.53. The van der Waals surface area contributed by atoms with Gasteiger partial charge in [0, 0.05) is 10.9 Å². The van der Waals surface area contributed by atoms with Gasteiger partial charge in [0.05, 0.1) is 36.2 Å². The number of hydrogen-bond acceptors (Lipinski definition) is 6. The van der Waals surface area contributed by atoms with Gasteiger partial charge >= 0.3 is 0 Å². The lowest BCUT2D eigenvalue weighted by Crippen LogP contribution is -2.18. The van der Waals surface area contributed by atoms with Gasteiger partial charge in [-0.2, -0.15) is 5.10 Å². The summed E-state index contributed by atoms with van der Waals surface area (Å²) < 4.78 is 11.1. The zero-order chi connectivity index (χ0) is 24.1. The quantitative estimate of drug-likeness (QED) is 0.296. The van der Waals surface area contributed by atoms with Crippen LogP contribution in [0.2, 0.25) is 0 Å². The van der Waals surface area contributed by atoms with Crippen LogP contribution >= 0.6 is 0 Å². The third kappa shape index (κ3) is 4.99. The molecule has 0 atom stereocenters. The Kier molecular flexibility index (Phi) is 6.73. The summed E-state index contributed by atoms with van der Waals surface area (Å²) in [6.45, 7) is 3.88. The predicted molar refractivity (Wildman–Crippen MR) is 133 cm³/mol. The number of phenols is 1. The Bertz CT molecular complexity index is 1370. The van der Waals surface area contributed by atoms with Gasteiger partial charge in [0.15, 0.2) is 11.5 Å². The number of hydrazone groups is 1. The molecule has 1 heterocycles. The Morgan fingerprint density at radius 2 is 1.79 bits per heavy atom. The van der Waals surface area contributed by atoms with Crippen LogP contribution in [0, 0.1) is 0 Å². The molecule has 7 nitrogen and oxygen atoms in total. The van der Waals surface area contributed by atoms with Gasteiger partial charge in [0.2, 0.25) is 0 Å². The molecule has 3 aromatic carbocycles. The Balaban J connectivity index is 1.61. The second-order valence-electron chi connectivity index (χ2n) is 7.87. The van der Waals surface area contributed by atoms with Gasteiger partial charge in [-0.1, -0.05) is 30.3 Å². The number of rotatable bonds is 7. The first-order valence-electron chi connectivity index (χ1n) is 10.8. The van der Waals surface area contributed by atoms with Crippen molar-refractivity contribution in [1.82, 2.24) is 10.4 Å². The summed E-state index contributed by atoms with van der Waals surface area (Å²) in [7, 11) is 1.57. The van der Waals surface area contributed by atoms with E-state index in [1.807, 2.05) is 50.2 Å². The smallest absolute Gasteiger partial charge is 0.272 e. The SMILES string of the molecule is COc1cc(C=NNC(=O)c2cc(-c3ccccc3O)nc3ccccc23)ccc1OC(C)C. The van der Waals surface area contributed by atoms with E-state index in [-0.39, 0.29) is 11.9 Å². The molecule has 172 valence electrons. The van der Waals surface area contributed by atoms with E-state index >= 15 is 0 Å². The summed E-state index contributed by atoms with van der Waals surface area (Å²) >= 11 is 0. The molecule has 2 N–H and O–H groups in total. The molecule has 0 bridgehead atoms. The number of methoxy groups -OCH3 is 1. The molecule has 4 rings (SSSR count). The van der Waals surface area contributed by atoms with Crippen molar-refractivity contribution in [1.29, 1.82) is 0 Å². The molecule has 1 aromatic heterocycles. The van der Waals surface area contributed by atoms with Crippen LogP contribution in [0.1, 0.15) is 29.8 Å². The van der Waals surface area contributed by atoms with Crippen LogP contribution in [-0.2, 0) is 0 Å². The molecule has 0 aliphatic rings. The molecular formula is C27H25N3O4. The number of ether oxygens (including phenoxy) is 2. The van der Waals surface area contributed by atoms with E-state index < -0.39 is 5.91 Å². The number of phenolic OH excluding ortho intramolecular Hbond substituents is 1. The van der Waals surface area contributed by atoms with E-state index in [9.17, 15) is 9.90 Å². The summed E-state index contributed by atoms with van der Waals surface area (Å²) in [6, 6.07) is 21.3. The van der Waals surface area contributed by atoms with Crippen LogP contribution in [0.15, 0.2) is 77.9 Å². The van der Waals surface area contributed by atoms with Gasteiger partial charge in [-0.25, -0.2) is 10.4 Å². The second-order valence-corrected chi connectivity index (χ2v) is 7.87. The molecule has 0 aliphatic heterocycles. The Hall–Kier alpha value is -4.39. The molecule has 0 radical (unpaired) electrons. The molecule has 0 fully saturated rings. The highest BCUT2D eigenvalue weighted by Gasteiger charge is 2.15. The van der Waals surface area contributed by atoms with Crippen molar-refractivity contribution in [2.75, 3.05) is 7.11 Å². The molecule has 0 saturated carbocycles. The third-order valence-electron chi connectivity index (χ3n) is 5.07. The lowest BCUT2D eigenvalue weighted by molar-refractivity contribution is 0.0956. The van der Waals surface area contributed by atoms with Crippen molar-refractivity contribution in [3.05, 3.63) is 83.9 Å². The Morgan fingerprint density at radius 1 is 1.03 bits per heavy atom. The first-order valence-corrected chi connectivity index (χ1v) is 10.8. The number of carbonyl (C=O) groups excluding carboxylic acids is 1. The highest BCUT2D eigenvalue weighted by atomic mass is 16.5. The maximum atomic E-state index is 13.1. The summed E-state index contributed by atoms with van der Waals surface area (Å²) in [4.78, 5) is 17.7. The van der Waals surface area contributed by atoms with Crippen molar-refractivity contribution < 1.29 is 19.4 Å². The Morgan fingerprint density at radius 3 is 2.56 bits per heavy atom. The highest BCUT2D eigenvalue weighted by molar-refractivity contribution is 6.07. The van der Waals surface area contributed by atoms with Crippen LogP contribution in [0.25, 0.3) is 22.2 Å². The van der Waals surface area contributed by atoms with E-state index in [0.717, 1.165) is 5.56 Å². The maximum absolute atomic E-state index is 13.1. The largest absolute Gasteiger partial charge is 0.507 e. The fraction of sp³-hybridized carbons (Fsp3) is 0.148. The first-order chi connectivity index (χ1) is 16.5. The standard InChI is InChI=1S/C27H25N3O4/c1-17(2)34-25-13-12-18(14-26(25)33-3)16-28-30-27(32)21-15-23(20-9-5-7-11-24(20)31)29-22-10-6-4-8-19(21)22/h4-17,31H,1-3H3,(H,30,32). The molecule has 0 aliphatic carbocycles. The minimum absolute atomic E-state index is 0.0191. The van der Waals surface area contributed by atoms with E-state index in [0.29, 0.717) is 39.2 Å². The Labute approximate surface area is 197 Å². The van der Waals surface area contributed by atoms with Crippen molar-refractivity contribution in [3.63, 3.8) is 0 Å². The lowest BCUT2D eigenvalue weighted by atomic mass is 10.0. The summed E-state index contributed by atoms with van der Waals surface area (Å²) in [5.41, 5.74) is 5.41. The van der Waals surface area contributed by atoms with Crippen LogP contribution in [-0.4, -0.2) is 35.4 Å². The van der Waals surface area contributed by atoms with Gasteiger partial charge in [0.1, 0.15) is 5.75 Å². The van der Waals surface area contributed by atoms with Gasteiger partial charge in [0.25, 0.3) is 5.91 Å². The summed E-state index contributed by atoms with van der Waals surface area (Å²) in [5.74, 6) is 0.918.